The van der Waals surface area contributed by atoms with Gasteiger partial charge in [0.25, 0.3) is 0 Å². The van der Waals surface area contributed by atoms with E-state index in [-0.39, 0.29) is 11.6 Å². The molecular formula is C37H50O5. The number of aryl methyl sites for hydroxylation is 1. The van der Waals surface area contributed by atoms with E-state index < -0.39 is 0 Å². The van der Waals surface area contributed by atoms with E-state index >= 15 is 0 Å². The Balaban J connectivity index is 1.27. The zero-order valence-electron chi connectivity index (χ0n) is 25.9. The topological polar surface area (TPSA) is 65.7 Å². The van der Waals surface area contributed by atoms with Crippen molar-refractivity contribution < 1.29 is 18.7 Å². The first kappa shape index (κ1) is 33.2. The second-order valence-corrected chi connectivity index (χ2v) is 11.5. The fourth-order valence-electron chi connectivity index (χ4n) is 5.09. The van der Waals surface area contributed by atoms with Gasteiger partial charge in [-0.25, -0.2) is 9.59 Å². The van der Waals surface area contributed by atoms with Crippen LogP contribution in [0.2, 0.25) is 0 Å². The van der Waals surface area contributed by atoms with Gasteiger partial charge in [-0.1, -0.05) is 108 Å². The SMILES string of the molecule is C=C(C)C(=O)OCCCCCCCCCCCCCOc1ccc2cc(-c3ccc(CCCCC)cc3)c(=O)oc2c1. The largest absolute Gasteiger partial charge is 0.493 e. The van der Waals surface area contributed by atoms with E-state index in [0.29, 0.717) is 29.9 Å². The van der Waals surface area contributed by atoms with Gasteiger partial charge in [0.15, 0.2) is 0 Å². The van der Waals surface area contributed by atoms with E-state index in [4.69, 9.17) is 13.9 Å². The second kappa shape index (κ2) is 19.0. The molecule has 3 aromatic rings. The fraction of sp³-hybridized carbons (Fsp3) is 0.514. The van der Waals surface area contributed by atoms with Gasteiger partial charge < -0.3 is 13.9 Å². The van der Waals surface area contributed by atoms with Crippen LogP contribution in [-0.4, -0.2) is 19.2 Å². The Hall–Kier alpha value is -3.34. The molecule has 3 rings (SSSR count). The van der Waals surface area contributed by atoms with Crippen molar-refractivity contribution in [2.45, 2.75) is 110 Å². The van der Waals surface area contributed by atoms with Crippen LogP contribution in [0.25, 0.3) is 22.1 Å². The third-order valence-corrected chi connectivity index (χ3v) is 7.68. The summed E-state index contributed by atoms with van der Waals surface area (Å²) in [6.07, 6.45) is 17.7. The summed E-state index contributed by atoms with van der Waals surface area (Å²) in [6.45, 7) is 8.65. The van der Waals surface area contributed by atoms with Crippen molar-refractivity contribution in [1.29, 1.82) is 0 Å². The predicted octanol–water partition coefficient (Wildman–Crippen LogP) is 9.98. The maximum Gasteiger partial charge on any atom is 0.344 e. The van der Waals surface area contributed by atoms with Crippen LogP contribution < -0.4 is 10.4 Å². The lowest BCUT2D eigenvalue weighted by Crippen LogP contribution is -2.05. The minimum Gasteiger partial charge on any atom is -0.493 e. The average molecular weight is 575 g/mol. The molecule has 0 saturated carbocycles. The lowest BCUT2D eigenvalue weighted by atomic mass is 10.0. The average Bonchev–Trinajstić information content (AvgIpc) is 2.99. The minimum absolute atomic E-state index is 0.283. The Labute approximate surface area is 252 Å². The first-order valence-electron chi connectivity index (χ1n) is 16.1. The number of benzene rings is 2. The van der Waals surface area contributed by atoms with Gasteiger partial charge in [-0.3, -0.25) is 0 Å². The van der Waals surface area contributed by atoms with Crippen LogP contribution in [0.3, 0.4) is 0 Å². The fourth-order valence-corrected chi connectivity index (χ4v) is 5.09. The Bertz CT molecular complexity index is 1290. The highest BCUT2D eigenvalue weighted by molar-refractivity contribution is 5.86. The molecule has 0 aliphatic carbocycles. The zero-order chi connectivity index (χ0) is 30.0. The third-order valence-electron chi connectivity index (χ3n) is 7.68. The molecule has 1 aromatic heterocycles. The van der Waals surface area contributed by atoms with Crippen molar-refractivity contribution >= 4 is 16.9 Å². The quantitative estimate of drug-likeness (QED) is 0.0548. The van der Waals surface area contributed by atoms with E-state index in [2.05, 4.69) is 25.6 Å². The number of hydrogen-bond acceptors (Lipinski definition) is 5. The van der Waals surface area contributed by atoms with Gasteiger partial charge >= 0.3 is 11.6 Å². The molecule has 0 saturated heterocycles. The normalized spacial score (nSPS) is 11.1. The highest BCUT2D eigenvalue weighted by Crippen LogP contribution is 2.25. The lowest BCUT2D eigenvalue weighted by molar-refractivity contribution is -0.139. The van der Waals surface area contributed by atoms with E-state index in [0.717, 1.165) is 48.8 Å². The molecule has 1 heterocycles. The van der Waals surface area contributed by atoms with Gasteiger partial charge in [-0.15, -0.1) is 0 Å². The van der Waals surface area contributed by atoms with E-state index in [1.54, 1.807) is 6.92 Å². The second-order valence-electron chi connectivity index (χ2n) is 11.5. The number of carbonyl (C=O) groups excluding carboxylic acids is 1. The van der Waals surface area contributed by atoms with Crippen molar-refractivity contribution in [2.75, 3.05) is 13.2 Å². The van der Waals surface area contributed by atoms with Gasteiger partial charge in [0, 0.05) is 17.0 Å². The smallest absolute Gasteiger partial charge is 0.344 e. The Morgan fingerprint density at radius 1 is 0.762 bits per heavy atom. The number of esters is 1. The molecule has 0 spiro atoms. The predicted molar refractivity (Wildman–Crippen MR) is 173 cm³/mol. The number of rotatable bonds is 21. The monoisotopic (exact) mass is 574 g/mol. The van der Waals surface area contributed by atoms with E-state index in [1.807, 2.05) is 36.4 Å². The Kier molecular flexibility index (Phi) is 15.0. The van der Waals surface area contributed by atoms with Gasteiger partial charge in [0.05, 0.1) is 18.8 Å². The molecule has 0 fully saturated rings. The van der Waals surface area contributed by atoms with Crippen molar-refractivity contribution in [1.82, 2.24) is 0 Å². The molecule has 0 bridgehead atoms. The molecule has 228 valence electrons. The maximum atomic E-state index is 12.8. The summed E-state index contributed by atoms with van der Waals surface area (Å²) in [5.74, 6) is 0.456. The summed E-state index contributed by atoms with van der Waals surface area (Å²) in [6, 6.07) is 15.9. The molecule has 2 aromatic carbocycles. The number of hydrogen-bond donors (Lipinski definition) is 0. The van der Waals surface area contributed by atoms with Crippen LogP contribution >= 0.6 is 0 Å². The number of unbranched alkanes of at least 4 members (excludes halogenated alkanes) is 12. The molecule has 0 atom stereocenters. The zero-order valence-corrected chi connectivity index (χ0v) is 25.9. The lowest BCUT2D eigenvalue weighted by Gasteiger charge is -2.08. The standard InChI is InChI=1S/C37H50O5/c1-4-5-15-18-30-19-21-31(22-20-30)34-27-32-23-24-33(28-35(32)42-37(34)39)40-25-16-13-11-9-7-6-8-10-12-14-17-26-41-36(38)29(2)3/h19-24,27-28H,2,4-18,25-26H2,1,3H3. The Morgan fingerprint density at radius 2 is 1.38 bits per heavy atom. The van der Waals surface area contributed by atoms with E-state index in [9.17, 15) is 9.59 Å². The molecule has 42 heavy (non-hydrogen) atoms. The number of fused-ring (bicyclic) bond motifs is 1. The van der Waals surface area contributed by atoms with Gasteiger partial charge in [-0.05, 0) is 61.9 Å². The molecule has 0 radical (unpaired) electrons. The van der Waals surface area contributed by atoms with Crippen LogP contribution in [0, 0.1) is 0 Å². The highest BCUT2D eigenvalue weighted by Gasteiger charge is 2.09. The first-order valence-corrected chi connectivity index (χ1v) is 16.1. The van der Waals surface area contributed by atoms with Gasteiger partial charge in [-0.2, -0.15) is 0 Å². The van der Waals surface area contributed by atoms with Gasteiger partial charge in [0.2, 0.25) is 0 Å². The summed E-state index contributed by atoms with van der Waals surface area (Å²) in [5.41, 5.74) is 3.49. The minimum atomic E-state index is -0.319. The summed E-state index contributed by atoms with van der Waals surface area (Å²) in [7, 11) is 0. The molecule has 0 unspecified atom stereocenters. The van der Waals surface area contributed by atoms with Crippen molar-refractivity contribution in [2.24, 2.45) is 0 Å². The Morgan fingerprint density at radius 3 is 2.00 bits per heavy atom. The molecule has 5 nitrogen and oxygen atoms in total. The molecule has 5 heteroatoms. The van der Waals surface area contributed by atoms with Crippen LogP contribution in [0.4, 0.5) is 0 Å². The van der Waals surface area contributed by atoms with E-state index in [1.165, 1.54) is 69.8 Å². The van der Waals surface area contributed by atoms with Crippen molar-refractivity contribution in [3.05, 3.63) is 76.7 Å². The van der Waals surface area contributed by atoms with Crippen LogP contribution in [0.5, 0.6) is 5.75 Å². The third kappa shape index (κ3) is 11.9. The summed E-state index contributed by atoms with van der Waals surface area (Å²) in [4.78, 5) is 24.1. The van der Waals surface area contributed by atoms with Crippen LogP contribution in [0.1, 0.15) is 109 Å². The molecule has 0 amide bonds. The molecule has 0 aliphatic rings. The molecule has 0 aliphatic heterocycles. The van der Waals surface area contributed by atoms with Gasteiger partial charge in [0.1, 0.15) is 11.3 Å². The van der Waals surface area contributed by atoms with Crippen molar-refractivity contribution in [3.63, 3.8) is 0 Å². The van der Waals surface area contributed by atoms with Crippen molar-refractivity contribution in [3.8, 4) is 16.9 Å². The number of carbonyl (C=O) groups is 1. The highest BCUT2D eigenvalue weighted by atomic mass is 16.5. The first-order chi connectivity index (χ1) is 20.5. The number of ether oxygens (including phenoxy) is 2. The summed E-state index contributed by atoms with van der Waals surface area (Å²) in [5, 5.41) is 0.896. The maximum absolute atomic E-state index is 12.8. The van der Waals surface area contributed by atoms with Crippen LogP contribution in [0.15, 0.2) is 69.9 Å². The summed E-state index contributed by atoms with van der Waals surface area (Å²) < 4.78 is 16.8. The van der Waals surface area contributed by atoms with Crippen LogP contribution in [-0.2, 0) is 16.0 Å². The molecular weight excluding hydrogens is 524 g/mol. The molecule has 0 N–H and O–H groups in total. The summed E-state index contributed by atoms with van der Waals surface area (Å²) >= 11 is 0.